The second kappa shape index (κ2) is 8.90. The van der Waals surface area contributed by atoms with Crippen molar-refractivity contribution < 1.29 is 23.5 Å². The molecule has 0 aliphatic heterocycles. The Kier molecular flexibility index (Phi) is 6.33. The van der Waals surface area contributed by atoms with E-state index in [1.54, 1.807) is 19.2 Å². The summed E-state index contributed by atoms with van der Waals surface area (Å²) in [7, 11) is 1.57. The number of furan rings is 1. The number of fused-ring (bicyclic) bond motifs is 1. The van der Waals surface area contributed by atoms with Crippen molar-refractivity contribution in [3.8, 4) is 0 Å². The van der Waals surface area contributed by atoms with Gasteiger partial charge in [-0.2, -0.15) is 0 Å². The molecule has 146 valence electrons. The molecule has 0 saturated heterocycles. The highest BCUT2D eigenvalue weighted by molar-refractivity contribution is 7.21. The fourth-order valence-electron chi connectivity index (χ4n) is 2.42. The van der Waals surface area contributed by atoms with Gasteiger partial charge in [-0.3, -0.25) is 14.4 Å². The number of esters is 1. The highest BCUT2D eigenvalue weighted by Gasteiger charge is 2.18. The zero-order chi connectivity index (χ0) is 20.1. The van der Waals surface area contributed by atoms with Gasteiger partial charge >= 0.3 is 5.97 Å². The summed E-state index contributed by atoms with van der Waals surface area (Å²) in [6.45, 7) is -0.515. The minimum absolute atomic E-state index is 0.268. The topological polar surface area (TPSA) is 88.8 Å². The molecule has 0 spiro atoms. The summed E-state index contributed by atoms with van der Waals surface area (Å²) in [6, 6.07) is 10.8. The number of carbonyl (C=O) groups is 3. The van der Waals surface area contributed by atoms with Crippen LogP contribution in [0, 0.1) is 0 Å². The lowest BCUT2D eigenvalue weighted by molar-refractivity contribution is -0.150. The maximum Gasteiger partial charge on any atom is 0.325 e. The first-order valence-corrected chi connectivity index (χ1v) is 9.52. The number of nitrogens with one attached hydrogen (secondary N) is 1. The average molecular weight is 421 g/mol. The van der Waals surface area contributed by atoms with Crippen LogP contribution in [0.5, 0.6) is 0 Å². The number of nitrogens with zero attached hydrogens (tertiary/aromatic N) is 1. The van der Waals surface area contributed by atoms with Crippen LogP contribution < -0.4 is 5.32 Å². The summed E-state index contributed by atoms with van der Waals surface area (Å²) >= 11 is 7.48. The van der Waals surface area contributed by atoms with Crippen LogP contribution in [-0.4, -0.2) is 42.9 Å². The molecule has 1 aromatic carbocycles. The van der Waals surface area contributed by atoms with E-state index in [1.165, 1.54) is 22.5 Å². The fraction of sp³-hybridized carbons (Fsp3) is 0.211. The molecule has 0 unspecified atom stereocenters. The minimum atomic E-state index is -0.717. The normalized spacial score (nSPS) is 10.6. The molecule has 0 fully saturated rings. The number of hydrogen-bond donors (Lipinski definition) is 1. The third kappa shape index (κ3) is 4.71. The molecule has 2 aromatic heterocycles. The number of likely N-dealkylation sites (N-methyl/N-ethyl adjacent to an activating group) is 1. The molecule has 0 aliphatic carbocycles. The van der Waals surface area contributed by atoms with E-state index >= 15 is 0 Å². The largest absolute Gasteiger partial charge is 0.467 e. The molecule has 2 heterocycles. The zero-order valence-electron chi connectivity index (χ0n) is 14.9. The van der Waals surface area contributed by atoms with Crippen molar-refractivity contribution in [2.75, 3.05) is 20.2 Å². The molecule has 0 atom stereocenters. The van der Waals surface area contributed by atoms with Crippen LogP contribution >= 0.6 is 22.9 Å². The lowest BCUT2D eigenvalue weighted by Crippen LogP contribution is -2.34. The number of halogens is 1. The monoisotopic (exact) mass is 420 g/mol. The molecule has 0 bridgehead atoms. The van der Waals surface area contributed by atoms with E-state index < -0.39 is 18.5 Å². The van der Waals surface area contributed by atoms with Gasteiger partial charge in [0, 0.05) is 17.1 Å². The van der Waals surface area contributed by atoms with E-state index in [9.17, 15) is 14.4 Å². The van der Waals surface area contributed by atoms with Crippen LogP contribution in [0.4, 0.5) is 0 Å². The predicted molar refractivity (Wildman–Crippen MR) is 105 cm³/mol. The lowest BCUT2D eigenvalue weighted by Gasteiger charge is -2.15. The van der Waals surface area contributed by atoms with Crippen molar-refractivity contribution in [1.29, 1.82) is 0 Å². The van der Waals surface area contributed by atoms with Crippen LogP contribution in [0.3, 0.4) is 0 Å². The molecule has 1 N–H and O–H groups in total. The van der Waals surface area contributed by atoms with Gasteiger partial charge in [0.2, 0.25) is 0 Å². The van der Waals surface area contributed by atoms with Gasteiger partial charge in [0.1, 0.15) is 17.2 Å². The molecule has 3 aromatic rings. The van der Waals surface area contributed by atoms with Crippen molar-refractivity contribution >= 4 is 50.8 Å². The van der Waals surface area contributed by atoms with Gasteiger partial charge in [0.05, 0.1) is 17.8 Å². The lowest BCUT2D eigenvalue weighted by atomic mass is 10.2. The molecular weight excluding hydrogens is 404 g/mol. The number of ether oxygens (including phenoxy) is 1. The molecule has 3 rings (SSSR count). The Morgan fingerprint density at radius 1 is 1.21 bits per heavy atom. The van der Waals surface area contributed by atoms with Gasteiger partial charge in [0.25, 0.3) is 11.8 Å². The molecular formula is C19H17ClN2O5S. The molecule has 0 aliphatic rings. The molecule has 2 amide bonds. The Hall–Kier alpha value is -2.84. The zero-order valence-corrected chi connectivity index (χ0v) is 16.5. The number of benzene rings is 1. The number of thiophene rings is 1. The van der Waals surface area contributed by atoms with E-state index in [-0.39, 0.29) is 19.0 Å². The van der Waals surface area contributed by atoms with Crippen molar-refractivity contribution in [2.45, 2.75) is 6.54 Å². The standard InChI is InChI=1S/C19H17ClN2O5S/c1-22(10-12-5-4-8-26-12)15(23)11-27-16(24)9-21-19(25)18-17(20)13-6-2-3-7-14(13)28-18/h2-8H,9-11H2,1H3,(H,21,25). The third-order valence-electron chi connectivity index (χ3n) is 3.89. The predicted octanol–water partition coefficient (Wildman–Crippen LogP) is 3.08. The van der Waals surface area contributed by atoms with E-state index in [0.717, 1.165) is 10.1 Å². The fourth-order valence-corrected chi connectivity index (χ4v) is 3.85. The van der Waals surface area contributed by atoms with Gasteiger partial charge in [-0.05, 0) is 18.2 Å². The molecule has 0 saturated carbocycles. The number of carbonyl (C=O) groups excluding carboxylic acids is 3. The summed E-state index contributed by atoms with van der Waals surface area (Å²) in [5.74, 6) is -0.951. The molecule has 28 heavy (non-hydrogen) atoms. The van der Waals surface area contributed by atoms with E-state index in [1.807, 2.05) is 24.3 Å². The van der Waals surface area contributed by atoms with Gasteiger partial charge in [0.15, 0.2) is 6.61 Å². The highest BCUT2D eigenvalue weighted by Crippen LogP contribution is 2.34. The summed E-state index contributed by atoms with van der Waals surface area (Å²) < 4.78 is 11.0. The summed E-state index contributed by atoms with van der Waals surface area (Å²) in [6.07, 6.45) is 1.51. The highest BCUT2D eigenvalue weighted by atomic mass is 35.5. The summed E-state index contributed by atoms with van der Waals surface area (Å²) in [5.41, 5.74) is 0. The number of amides is 2. The second-order valence-electron chi connectivity index (χ2n) is 5.91. The van der Waals surface area contributed by atoms with Gasteiger partial charge in [-0.15, -0.1) is 11.3 Å². The summed E-state index contributed by atoms with van der Waals surface area (Å²) in [5, 5.41) is 3.60. The van der Waals surface area contributed by atoms with Crippen molar-refractivity contribution in [2.24, 2.45) is 0 Å². The average Bonchev–Trinajstić information content (AvgIpc) is 3.32. The Balaban J connectivity index is 1.46. The number of rotatable bonds is 7. The van der Waals surface area contributed by atoms with Gasteiger partial charge < -0.3 is 19.4 Å². The first-order chi connectivity index (χ1) is 13.5. The molecule has 0 radical (unpaired) electrons. The quantitative estimate of drug-likeness (QED) is 0.593. The Labute approximate surface area is 169 Å². The van der Waals surface area contributed by atoms with Crippen molar-refractivity contribution in [3.05, 3.63) is 58.3 Å². The molecule has 9 heteroatoms. The smallest absolute Gasteiger partial charge is 0.325 e. The summed E-state index contributed by atoms with van der Waals surface area (Å²) in [4.78, 5) is 37.8. The van der Waals surface area contributed by atoms with E-state index in [4.69, 9.17) is 20.8 Å². The van der Waals surface area contributed by atoms with Crippen LogP contribution in [0.2, 0.25) is 5.02 Å². The third-order valence-corrected chi connectivity index (χ3v) is 5.56. The second-order valence-corrected chi connectivity index (χ2v) is 7.34. The van der Waals surface area contributed by atoms with Crippen LogP contribution in [-0.2, 0) is 20.9 Å². The Morgan fingerprint density at radius 2 is 2.00 bits per heavy atom. The van der Waals surface area contributed by atoms with E-state index in [2.05, 4.69) is 5.32 Å². The van der Waals surface area contributed by atoms with Crippen LogP contribution in [0.1, 0.15) is 15.4 Å². The van der Waals surface area contributed by atoms with Crippen molar-refractivity contribution in [1.82, 2.24) is 10.2 Å². The number of hydrogen-bond acceptors (Lipinski definition) is 6. The first kappa shape index (κ1) is 19.9. The van der Waals surface area contributed by atoms with Gasteiger partial charge in [-0.25, -0.2) is 0 Å². The Morgan fingerprint density at radius 3 is 2.71 bits per heavy atom. The van der Waals surface area contributed by atoms with E-state index in [0.29, 0.717) is 15.7 Å². The first-order valence-electron chi connectivity index (χ1n) is 8.33. The van der Waals surface area contributed by atoms with Crippen LogP contribution in [0.25, 0.3) is 10.1 Å². The van der Waals surface area contributed by atoms with Gasteiger partial charge in [-0.1, -0.05) is 29.8 Å². The Bertz CT molecular complexity index is 999. The minimum Gasteiger partial charge on any atom is -0.467 e. The van der Waals surface area contributed by atoms with Crippen molar-refractivity contribution in [3.63, 3.8) is 0 Å². The maximum absolute atomic E-state index is 12.3. The van der Waals surface area contributed by atoms with Crippen LogP contribution in [0.15, 0.2) is 47.1 Å². The maximum atomic E-state index is 12.3. The SMILES string of the molecule is CN(Cc1ccco1)C(=O)COC(=O)CNC(=O)c1sc2ccccc2c1Cl. The molecule has 7 nitrogen and oxygen atoms in total.